The second-order valence-electron chi connectivity index (χ2n) is 3.82. The first-order valence-electron chi connectivity index (χ1n) is 5.50. The monoisotopic (exact) mass is 280 g/mol. The van der Waals surface area contributed by atoms with Crippen LogP contribution >= 0.6 is 11.3 Å². The maximum atomic E-state index is 11.4. The van der Waals surface area contributed by atoms with Crippen molar-refractivity contribution in [2.24, 2.45) is 0 Å². The zero-order valence-electron chi connectivity index (χ0n) is 10.1. The zero-order valence-corrected chi connectivity index (χ0v) is 11.0. The normalized spacial score (nSPS) is 10.4. The zero-order chi connectivity index (χ0) is 13.8. The summed E-state index contributed by atoms with van der Waals surface area (Å²) in [6.07, 6.45) is 1.43. The molecule has 100 valence electrons. The number of thiophene rings is 1. The molecule has 0 saturated carbocycles. The molecule has 0 bridgehead atoms. The molecule has 0 fully saturated rings. The second kappa shape index (κ2) is 5.61. The molecule has 8 heteroatoms. The van der Waals surface area contributed by atoms with Gasteiger partial charge in [-0.25, -0.2) is 9.97 Å². The number of carbonyl (C=O) groups is 2. The summed E-state index contributed by atoms with van der Waals surface area (Å²) in [6, 6.07) is 1.94. The van der Waals surface area contributed by atoms with Gasteiger partial charge >= 0.3 is 5.97 Å². The Bertz CT molecular complexity index is 625. The minimum Gasteiger partial charge on any atom is -0.480 e. The summed E-state index contributed by atoms with van der Waals surface area (Å²) in [5, 5.41) is 14.4. The third-order valence-electron chi connectivity index (χ3n) is 2.31. The number of carboxylic acids is 1. The highest BCUT2D eigenvalue weighted by molar-refractivity contribution is 7.18. The van der Waals surface area contributed by atoms with Gasteiger partial charge in [-0.05, 0) is 13.0 Å². The maximum absolute atomic E-state index is 11.4. The van der Waals surface area contributed by atoms with Gasteiger partial charge in [-0.15, -0.1) is 11.3 Å². The maximum Gasteiger partial charge on any atom is 0.322 e. The van der Waals surface area contributed by atoms with Crippen LogP contribution in [-0.4, -0.2) is 40.0 Å². The van der Waals surface area contributed by atoms with Crippen molar-refractivity contribution in [3.63, 3.8) is 0 Å². The molecule has 2 aromatic rings. The van der Waals surface area contributed by atoms with Gasteiger partial charge in [-0.3, -0.25) is 9.59 Å². The first-order chi connectivity index (χ1) is 9.06. The van der Waals surface area contributed by atoms with Gasteiger partial charge in [-0.2, -0.15) is 0 Å². The van der Waals surface area contributed by atoms with Gasteiger partial charge in [0.05, 0.1) is 11.9 Å². The highest BCUT2D eigenvalue weighted by Gasteiger charge is 2.08. The smallest absolute Gasteiger partial charge is 0.322 e. The van der Waals surface area contributed by atoms with E-state index in [9.17, 15) is 9.59 Å². The van der Waals surface area contributed by atoms with E-state index in [-0.39, 0.29) is 6.54 Å². The average molecular weight is 280 g/mol. The van der Waals surface area contributed by atoms with Crippen LogP contribution in [0.5, 0.6) is 0 Å². The summed E-state index contributed by atoms with van der Waals surface area (Å²) in [7, 11) is 0. The Morgan fingerprint density at radius 1 is 1.37 bits per heavy atom. The van der Waals surface area contributed by atoms with Crippen LogP contribution < -0.4 is 10.6 Å². The molecule has 1 amide bonds. The molecule has 2 rings (SSSR count). The third kappa shape index (κ3) is 3.38. The van der Waals surface area contributed by atoms with Crippen molar-refractivity contribution in [1.29, 1.82) is 0 Å². The van der Waals surface area contributed by atoms with Gasteiger partial charge in [0.1, 0.15) is 23.5 Å². The quantitative estimate of drug-likeness (QED) is 0.741. The highest BCUT2D eigenvalue weighted by atomic mass is 32.1. The van der Waals surface area contributed by atoms with E-state index in [1.807, 2.05) is 13.0 Å². The van der Waals surface area contributed by atoms with Gasteiger partial charge in [0.2, 0.25) is 5.91 Å². The van der Waals surface area contributed by atoms with Crippen LogP contribution in [0.1, 0.15) is 4.88 Å². The number of fused-ring (bicyclic) bond motifs is 1. The van der Waals surface area contributed by atoms with Crippen LogP contribution in [0.15, 0.2) is 12.4 Å². The molecule has 3 N–H and O–H groups in total. The van der Waals surface area contributed by atoms with Crippen molar-refractivity contribution < 1.29 is 14.7 Å². The largest absolute Gasteiger partial charge is 0.480 e. The van der Waals surface area contributed by atoms with Gasteiger partial charge in [0.15, 0.2) is 0 Å². The molecule has 0 saturated heterocycles. The van der Waals surface area contributed by atoms with Crippen LogP contribution in [0, 0.1) is 6.92 Å². The van der Waals surface area contributed by atoms with Crippen molar-refractivity contribution in [1.82, 2.24) is 15.3 Å². The Labute approximate surface area is 112 Å². The molecule has 19 heavy (non-hydrogen) atoms. The molecule has 0 aliphatic heterocycles. The number of nitrogens with one attached hydrogen (secondary N) is 2. The summed E-state index contributed by atoms with van der Waals surface area (Å²) in [6.45, 7) is 1.54. The number of hydrogen-bond donors (Lipinski definition) is 3. The van der Waals surface area contributed by atoms with E-state index in [0.717, 1.165) is 15.1 Å². The number of amides is 1. The van der Waals surface area contributed by atoms with E-state index >= 15 is 0 Å². The first kappa shape index (κ1) is 13.2. The van der Waals surface area contributed by atoms with Gasteiger partial charge in [0, 0.05) is 4.88 Å². The van der Waals surface area contributed by atoms with E-state index in [2.05, 4.69) is 20.6 Å². The number of hydrogen-bond acceptors (Lipinski definition) is 6. The lowest BCUT2D eigenvalue weighted by molar-refractivity contribution is -0.137. The Balaban J connectivity index is 2.01. The SMILES string of the molecule is Cc1cc2c(NCC(=O)NCC(=O)O)ncnc2s1. The molecule has 0 aliphatic carbocycles. The highest BCUT2D eigenvalue weighted by Crippen LogP contribution is 2.27. The fourth-order valence-electron chi connectivity index (χ4n) is 1.52. The lowest BCUT2D eigenvalue weighted by Gasteiger charge is -2.06. The number of aryl methyl sites for hydroxylation is 1. The number of aromatic nitrogens is 2. The van der Waals surface area contributed by atoms with Crippen LogP contribution in [0.2, 0.25) is 0 Å². The summed E-state index contributed by atoms with van der Waals surface area (Å²) >= 11 is 1.55. The number of carbonyl (C=O) groups excluding carboxylic acids is 1. The molecule has 0 aromatic carbocycles. The average Bonchev–Trinajstić information content (AvgIpc) is 2.74. The van der Waals surface area contributed by atoms with Crippen molar-refractivity contribution in [2.45, 2.75) is 6.92 Å². The molecule has 0 atom stereocenters. The summed E-state index contributed by atoms with van der Waals surface area (Å²) in [4.78, 5) is 31.9. The van der Waals surface area contributed by atoms with Gasteiger partial charge in [-0.1, -0.05) is 0 Å². The summed E-state index contributed by atoms with van der Waals surface area (Å²) < 4.78 is 0. The van der Waals surface area contributed by atoms with Gasteiger partial charge in [0.25, 0.3) is 0 Å². The summed E-state index contributed by atoms with van der Waals surface area (Å²) in [5.74, 6) is -0.910. The Morgan fingerprint density at radius 2 is 2.16 bits per heavy atom. The minimum atomic E-state index is -1.08. The fourth-order valence-corrected chi connectivity index (χ4v) is 2.36. The van der Waals surface area contributed by atoms with E-state index in [0.29, 0.717) is 5.82 Å². The van der Waals surface area contributed by atoms with Crippen LogP contribution in [0.3, 0.4) is 0 Å². The topological polar surface area (TPSA) is 104 Å². The van der Waals surface area contributed by atoms with E-state index < -0.39 is 18.4 Å². The van der Waals surface area contributed by atoms with E-state index in [1.54, 1.807) is 11.3 Å². The number of anilines is 1. The third-order valence-corrected chi connectivity index (χ3v) is 3.26. The standard InChI is InChI=1S/C11H12N4O3S/c1-6-2-7-10(14-5-15-11(7)19-6)13-3-8(16)12-4-9(17)18/h2,5H,3-4H2,1H3,(H,12,16)(H,17,18)(H,13,14,15). The number of aliphatic carboxylic acids is 1. The molecule has 0 aliphatic rings. The lowest BCUT2D eigenvalue weighted by Crippen LogP contribution is -2.34. The Morgan fingerprint density at radius 3 is 2.89 bits per heavy atom. The number of rotatable bonds is 5. The molecular formula is C11H12N4O3S. The molecular weight excluding hydrogens is 268 g/mol. The van der Waals surface area contributed by atoms with E-state index in [4.69, 9.17) is 5.11 Å². The Kier molecular flexibility index (Phi) is 3.91. The molecule has 0 radical (unpaired) electrons. The Hall–Kier alpha value is -2.22. The minimum absolute atomic E-state index is 0.0334. The lowest BCUT2D eigenvalue weighted by atomic mass is 10.3. The van der Waals surface area contributed by atoms with Crippen molar-refractivity contribution >= 4 is 39.2 Å². The van der Waals surface area contributed by atoms with Crippen molar-refractivity contribution in [3.8, 4) is 0 Å². The van der Waals surface area contributed by atoms with E-state index in [1.165, 1.54) is 6.33 Å². The van der Waals surface area contributed by atoms with Crippen LogP contribution in [0.25, 0.3) is 10.2 Å². The molecule has 7 nitrogen and oxygen atoms in total. The second-order valence-corrected chi connectivity index (χ2v) is 5.06. The molecule has 2 heterocycles. The number of carboxylic acid groups (broad SMARTS) is 1. The molecule has 0 spiro atoms. The van der Waals surface area contributed by atoms with Crippen LogP contribution in [-0.2, 0) is 9.59 Å². The molecule has 0 unspecified atom stereocenters. The fraction of sp³-hybridized carbons (Fsp3) is 0.273. The predicted octanol–water partition coefficient (Wildman–Crippen LogP) is 0.612. The van der Waals surface area contributed by atoms with Gasteiger partial charge < -0.3 is 15.7 Å². The van der Waals surface area contributed by atoms with Crippen LogP contribution in [0.4, 0.5) is 5.82 Å². The summed E-state index contributed by atoms with van der Waals surface area (Å²) in [5.41, 5.74) is 0. The first-order valence-corrected chi connectivity index (χ1v) is 6.31. The molecule has 2 aromatic heterocycles. The number of nitrogens with zero attached hydrogens (tertiary/aromatic N) is 2. The van der Waals surface area contributed by atoms with Crippen molar-refractivity contribution in [3.05, 3.63) is 17.3 Å². The van der Waals surface area contributed by atoms with Crippen molar-refractivity contribution in [2.75, 3.05) is 18.4 Å². The predicted molar refractivity (Wildman–Crippen MR) is 71.3 cm³/mol.